The van der Waals surface area contributed by atoms with Crippen molar-refractivity contribution in [2.75, 3.05) is 25.0 Å². The molecule has 0 atom stereocenters. The first-order valence-corrected chi connectivity index (χ1v) is 7.15. The number of rotatable bonds is 4. The Labute approximate surface area is 116 Å². The Balaban J connectivity index is 2.00. The van der Waals surface area contributed by atoms with Crippen molar-refractivity contribution in [1.82, 2.24) is 4.90 Å². The molecule has 1 saturated heterocycles. The molecule has 1 aliphatic rings. The monoisotopic (exact) mass is 260 g/mol. The topological polar surface area (TPSA) is 32.3 Å². The lowest BCUT2D eigenvalue weighted by molar-refractivity contribution is 0.0778. The molecule has 3 nitrogen and oxygen atoms in total. The van der Waals surface area contributed by atoms with Gasteiger partial charge in [0.05, 0.1) is 0 Å². The summed E-state index contributed by atoms with van der Waals surface area (Å²) in [5.74, 6) is 0.160. The van der Waals surface area contributed by atoms with Crippen LogP contribution in [0.25, 0.3) is 0 Å². The van der Waals surface area contributed by atoms with Gasteiger partial charge in [-0.3, -0.25) is 4.79 Å². The van der Waals surface area contributed by atoms with Gasteiger partial charge in [0.2, 0.25) is 0 Å². The number of carbonyl (C=O) groups excluding carboxylic acids is 1. The zero-order valence-corrected chi connectivity index (χ0v) is 12.2. The average molecular weight is 260 g/mol. The zero-order chi connectivity index (χ0) is 13.9. The molecule has 1 amide bonds. The van der Waals surface area contributed by atoms with E-state index in [4.69, 9.17) is 0 Å². The van der Waals surface area contributed by atoms with Crippen LogP contribution >= 0.6 is 0 Å². The summed E-state index contributed by atoms with van der Waals surface area (Å²) in [6, 6.07) is 7.82. The summed E-state index contributed by atoms with van der Waals surface area (Å²) in [5, 5.41) is 3.32. The number of anilines is 1. The second kappa shape index (κ2) is 5.64. The van der Waals surface area contributed by atoms with Gasteiger partial charge >= 0.3 is 0 Å². The Hall–Kier alpha value is -1.51. The van der Waals surface area contributed by atoms with E-state index in [-0.39, 0.29) is 11.3 Å². The molecule has 0 bridgehead atoms. The molecule has 2 rings (SSSR count). The molecule has 0 aliphatic carbocycles. The van der Waals surface area contributed by atoms with Gasteiger partial charge in [0, 0.05) is 30.9 Å². The van der Waals surface area contributed by atoms with Crippen LogP contribution in [0.5, 0.6) is 0 Å². The molecule has 3 heteroatoms. The van der Waals surface area contributed by atoms with E-state index in [1.54, 1.807) is 0 Å². The second-order valence-corrected chi connectivity index (χ2v) is 6.15. The third kappa shape index (κ3) is 3.49. The van der Waals surface area contributed by atoms with E-state index in [1.807, 2.05) is 29.2 Å². The third-order valence-electron chi connectivity index (χ3n) is 3.68. The average Bonchev–Trinajstić information content (AvgIpc) is 2.76. The minimum atomic E-state index is 0.160. The van der Waals surface area contributed by atoms with Gasteiger partial charge in [-0.2, -0.15) is 0 Å². The molecule has 1 aromatic rings. The summed E-state index contributed by atoms with van der Waals surface area (Å²) in [4.78, 5) is 14.3. The van der Waals surface area contributed by atoms with Crippen molar-refractivity contribution in [3.8, 4) is 0 Å². The van der Waals surface area contributed by atoms with Crippen molar-refractivity contribution >= 4 is 11.6 Å². The first-order valence-electron chi connectivity index (χ1n) is 7.15. The Morgan fingerprint density at radius 3 is 2.53 bits per heavy atom. The van der Waals surface area contributed by atoms with Crippen LogP contribution in [0.15, 0.2) is 24.3 Å². The van der Waals surface area contributed by atoms with Crippen LogP contribution in [-0.2, 0) is 0 Å². The molecular weight excluding hydrogens is 236 g/mol. The molecule has 19 heavy (non-hydrogen) atoms. The lowest BCUT2D eigenvalue weighted by atomic mass is 9.93. The van der Waals surface area contributed by atoms with E-state index in [2.05, 4.69) is 26.1 Å². The standard InChI is InChI=1S/C16H24N2O/c1-4-10-17-14-7-5-13(6-8-14)15(19)18-11-9-16(2,3)12-18/h5-8,17H,4,9-12H2,1-3H3. The van der Waals surface area contributed by atoms with Crippen molar-refractivity contribution in [3.05, 3.63) is 29.8 Å². The number of amides is 1. The SMILES string of the molecule is CCCNc1ccc(C(=O)N2CCC(C)(C)C2)cc1. The molecule has 0 radical (unpaired) electrons. The van der Waals surface area contributed by atoms with E-state index >= 15 is 0 Å². The van der Waals surface area contributed by atoms with Crippen LogP contribution in [-0.4, -0.2) is 30.4 Å². The molecule has 0 saturated carbocycles. The third-order valence-corrected chi connectivity index (χ3v) is 3.68. The number of hydrogen-bond acceptors (Lipinski definition) is 2. The van der Waals surface area contributed by atoms with Crippen molar-refractivity contribution < 1.29 is 4.79 Å². The highest BCUT2D eigenvalue weighted by atomic mass is 16.2. The van der Waals surface area contributed by atoms with Crippen LogP contribution < -0.4 is 5.32 Å². The summed E-state index contributed by atoms with van der Waals surface area (Å²) in [6.45, 7) is 9.28. The number of hydrogen-bond donors (Lipinski definition) is 1. The quantitative estimate of drug-likeness (QED) is 0.900. The van der Waals surface area contributed by atoms with E-state index in [9.17, 15) is 4.79 Å². The Kier molecular flexibility index (Phi) is 4.13. The first-order chi connectivity index (χ1) is 9.02. The molecule has 1 aromatic carbocycles. The van der Waals surface area contributed by atoms with Crippen LogP contribution in [0.4, 0.5) is 5.69 Å². The summed E-state index contributed by atoms with van der Waals surface area (Å²) in [7, 11) is 0. The maximum atomic E-state index is 12.4. The highest BCUT2D eigenvalue weighted by Gasteiger charge is 2.32. The fourth-order valence-corrected chi connectivity index (χ4v) is 2.47. The Morgan fingerprint density at radius 2 is 2.00 bits per heavy atom. The van der Waals surface area contributed by atoms with E-state index in [0.29, 0.717) is 0 Å². The molecule has 104 valence electrons. The van der Waals surface area contributed by atoms with Gasteiger partial charge in [-0.25, -0.2) is 0 Å². The van der Waals surface area contributed by atoms with Crippen LogP contribution in [0, 0.1) is 5.41 Å². The van der Waals surface area contributed by atoms with Gasteiger partial charge in [-0.05, 0) is 42.5 Å². The smallest absolute Gasteiger partial charge is 0.253 e. The van der Waals surface area contributed by atoms with E-state index < -0.39 is 0 Å². The Morgan fingerprint density at radius 1 is 1.32 bits per heavy atom. The molecule has 0 unspecified atom stereocenters. The van der Waals surface area contributed by atoms with Crippen LogP contribution in [0.1, 0.15) is 44.0 Å². The number of carbonyl (C=O) groups is 1. The number of benzene rings is 1. The van der Waals surface area contributed by atoms with Gasteiger partial charge in [-0.1, -0.05) is 20.8 Å². The molecule has 1 fully saturated rings. The van der Waals surface area contributed by atoms with E-state index in [0.717, 1.165) is 43.7 Å². The van der Waals surface area contributed by atoms with Gasteiger partial charge < -0.3 is 10.2 Å². The second-order valence-electron chi connectivity index (χ2n) is 6.15. The maximum Gasteiger partial charge on any atom is 0.253 e. The highest BCUT2D eigenvalue weighted by Crippen LogP contribution is 2.29. The molecule has 0 aromatic heterocycles. The van der Waals surface area contributed by atoms with Crippen molar-refractivity contribution in [3.63, 3.8) is 0 Å². The minimum Gasteiger partial charge on any atom is -0.385 e. The van der Waals surface area contributed by atoms with Gasteiger partial charge in [0.25, 0.3) is 5.91 Å². The lowest BCUT2D eigenvalue weighted by Crippen LogP contribution is -2.30. The summed E-state index contributed by atoms with van der Waals surface area (Å²) >= 11 is 0. The van der Waals surface area contributed by atoms with Gasteiger partial charge in [-0.15, -0.1) is 0 Å². The van der Waals surface area contributed by atoms with Crippen LogP contribution in [0.2, 0.25) is 0 Å². The van der Waals surface area contributed by atoms with E-state index in [1.165, 1.54) is 0 Å². The largest absolute Gasteiger partial charge is 0.385 e. The lowest BCUT2D eigenvalue weighted by Gasteiger charge is -2.20. The number of nitrogens with one attached hydrogen (secondary N) is 1. The molecular formula is C16H24N2O. The number of nitrogens with zero attached hydrogens (tertiary/aromatic N) is 1. The van der Waals surface area contributed by atoms with Crippen LogP contribution in [0.3, 0.4) is 0 Å². The molecule has 1 N–H and O–H groups in total. The maximum absolute atomic E-state index is 12.4. The first kappa shape index (κ1) is 13.9. The summed E-state index contributed by atoms with van der Waals surface area (Å²) in [6.07, 6.45) is 2.19. The fourth-order valence-electron chi connectivity index (χ4n) is 2.47. The predicted octanol–water partition coefficient (Wildman–Crippen LogP) is 3.38. The van der Waals surface area contributed by atoms with Gasteiger partial charge in [0.1, 0.15) is 0 Å². The normalized spacial score (nSPS) is 17.5. The van der Waals surface area contributed by atoms with Crippen molar-refractivity contribution in [2.45, 2.75) is 33.6 Å². The highest BCUT2D eigenvalue weighted by molar-refractivity contribution is 5.94. The van der Waals surface area contributed by atoms with Gasteiger partial charge in [0.15, 0.2) is 0 Å². The molecule has 1 aliphatic heterocycles. The van der Waals surface area contributed by atoms with Crippen molar-refractivity contribution in [1.29, 1.82) is 0 Å². The summed E-state index contributed by atoms with van der Waals surface area (Å²) in [5.41, 5.74) is 2.14. The Bertz CT molecular complexity index is 437. The molecule has 0 spiro atoms. The predicted molar refractivity (Wildman–Crippen MR) is 79.5 cm³/mol. The minimum absolute atomic E-state index is 0.160. The number of likely N-dealkylation sites (tertiary alicyclic amines) is 1. The zero-order valence-electron chi connectivity index (χ0n) is 12.2. The summed E-state index contributed by atoms with van der Waals surface area (Å²) < 4.78 is 0. The fraction of sp³-hybridized carbons (Fsp3) is 0.562. The molecule has 1 heterocycles. The van der Waals surface area contributed by atoms with Crippen molar-refractivity contribution in [2.24, 2.45) is 5.41 Å².